The Balaban J connectivity index is 3.47. The van der Waals surface area contributed by atoms with E-state index in [0.717, 1.165) is 6.61 Å². The molecular weight excluding hydrogens is 142 g/mol. The van der Waals surface area contributed by atoms with E-state index in [-0.39, 0.29) is 5.54 Å². The lowest BCUT2D eigenvalue weighted by Gasteiger charge is -2.23. The van der Waals surface area contributed by atoms with Gasteiger partial charge in [-0.3, -0.25) is 0 Å². The SMILES string of the molecule is CCO[Si](C)NC(C)(C)C. The Labute approximate surface area is 65.8 Å². The summed E-state index contributed by atoms with van der Waals surface area (Å²) in [6.07, 6.45) is 0. The summed E-state index contributed by atoms with van der Waals surface area (Å²) >= 11 is 0. The number of nitrogens with one attached hydrogen (secondary N) is 1. The Kier molecular flexibility index (Phi) is 4.16. The fourth-order valence-electron chi connectivity index (χ4n) is 0.781. The van der Waals surface area contributed by atoms with Crippen LogP contribution >= 0.6 is 0 Å². The van der Waals surface area contributed by atoms with Crippen LogP contribution in [0.1, 0.15) is 27.7 Å². The second-order valence-electron chi connectivity index (χ2n) is 3.36. The molecule has 0 fully saturated rings. The molecule has 1 N–H and O–H groups in total. The summed E-state index contributed by atoms with van der Waals surface area (Å²) in [5.74, 6) is 0. The van der Waals surface area contributed by atoms with E-state index in [9.17, 15) is 0 Å². The van der Waals surface area contributed by atoms with Gasteiger partial charge in [-0.2, -0.15) is 0 Å². The Morgan fingerprint density at radius 1 is 1.40 bits per heavy atom. The van der Waals surface area contributed by atoms with Crippen molar-refractivity contribution in [3.63, 3.8) is 0 Å². The summed E-state index contributed by atoms with van der Waals surface area (Å²) in [5, 5.41) is 0. The van der Waals surface area contributed by atoms with Crippen molar-refractivity contribution in [2.75, 3.05) is 6.61 Å². The normalized spacial score (nSPS) is 12.6. The van der Waals surface area contributed by atoms with Gasteiger partial charge in [-0.1, -0.05) is 0 Å². The van der Waals surface area contributed by atoms with E-state index in [4.69, 9.17) is 4.43 Å². The van der Waals surface area contributed by atoms with Gasteiger partial charge < -0.3 is 9.41 Å². The summed E-state index contributed by atoms with van der Waals surface area (Å²) in [4.78, 5) is 3.40. The van der Waals surface area contributed by atoms with Gasteiger partial charge in [-0.25, -0.2) is 0 Å². The van der Waals surface area contributed by atoms with E-state index in [1.54, 1.807) is 0 Å². The van der Waals surface area contributed by atoms with Gasteiger partial charge in [0, 0.05) is 12.1 Å². The van der Waals surface area contributed by atoms with Crippen LogP contribution in [0.3, 0.4) is 0 Å². The molecule has 0 aliphatic rings. The quantitative estimate of drug-likeness (QED) is 0.632. The highest BCUT2D eigenvalue weighted by atomic mass is 28.3. The monoisotopic (exact) mass is 160 g/mol. The van der Waals surface area contributed by atoms with Gasteiger partial charge in [-0.05, 0) is 34.2 Å². The van der Waals surface area contributed by atoms with E-state index < -0.39 is 9.20 Å². The smallest absolute Gasteiger partial charge is 0.299 e. The number of hydrogen-bond donors (Lipinski definition) is 1. The van der Waals surface area contributed by atoms with E-state index >= 15 is 0 Å². The zero-order valence-corrected chi connectivity index (χ0v) is 8.62. The lowest BCUT2D eigenvalue weighted by molar-refractivity contribution is 0.322. The molecule has 0 aliphatic heterocycles. The third kappa shape index (κ3) is 6.26. The molecule has 2 nitrogen and oxygen atoms in total. The van der Waals surface area contributed by atoms with E-state index in [0.29, 0.717) is 0 Å². The molecule has 0 saturated heterocycles. The lowest BCUT2D eigenvalue weighted by Crippen LogP contribution is -2.46. The third-order valence-electron chi connectivity index (χ3n) is 0.912. The van der Waals surface area contributed by atoms with Crippen molar-refractivity contribution in [2.24, 2.45) is 0 Å². The van der Waals surface area contributed by atoms with E-state index in [1.165, 1.54) is 0 Å². The van der Waals surface area contributed by atoms with Crippen molar-refractivity contribution >= 4 is 9.20 Å². The molecular formula is C7H18NOSi. The first-order valence-electron chi connectivity index (χ1n) is 3.70. The topological polar surface area (TPSA) is 21.3 Å². The van der Waals surface area contributed by atoms with Crippen LogP contribution in [-0.2, 0) is 4.43 Å². The predicted molar refractivity (Wildman–Crippen MR) is 46.1 cm³/mol. The summed E-state index contributed by atoms with van der Waals surface area (Å²) in [6, 6.07) is 0. The minimum atomic E-state index is -0.748. The second kappa shape index (κ2) is 4.11. The fourth-order valence-corrected chi connectivity index (χ4v) is 2.34. The van der Waals surface area contributed by atoms with Gasteiger partial charge in [-0.15, -0.1) is 0 Å². The first-order chi connectivity index (χ1) is 4.45. The van der Waals surface area contributed by atoms with Crippen molar-refractivity contribution in [1.82, 2.24) is 4.98 Å². The van der Waals surface area contributed by atoms with Crippen molar-refractivity contribution in [1.29, 1.82) is 0 Å². The molecule has 0 aliphatic carbocycles. The van der Waals surface area contributed by atoms with Crippen LogP contribution < -0.4 is 4.98 Å². The Morgan fingerprint density at radius 3 is 2.20 bits per heavy atom. The summed E-state index contributed by atoms with van der Waals surface area (Å²) in [7, 11) is -0.748. The first-order valence-corrected chi connectivity index (χ1v) is 5.61. The molecule has 3 heteroatoms. The van der Waals surface area contributed by atoms with Crippen LogP contribution in [0.2, 0.25) is 6.55 Å². The molecule has 0 rings (SSSR count). The molecule has 1 radical (unpaired) electrons. The fraction of sp³-hybridized carbons (Fsp3) is 1.00. The molecule has 61 valence electrons. The third-order valence-corrected chi connectivity index (χ3v) is 2.74. The van der Waals surface area contributed by atoms with Crippen LogP contribution in [0.15, 0.2) is 0 Å². The van der Waals surface area contributed by atoms with Crippen LogP contribution in [-0.4, -0.2) is 21.3 Å². The lowest BCUT2D eigenvalue weighted by atomic mass is 10.1. The zero-order valence-electron chi connectivity index (χ0n) is 7.62. The maximum Gasteiger partial charge on any atom is 0.299 e. The van der Waals surface area contributed by atoms with Crippen LogP contribution in [0.4, 0.5) is 0 Å². The molecule has 0 atom stereocenters. The summed E-state index contributed by atoms with van der Waals surface area (Å²) in [6.45, 7) is 11.4. The molecule has 0 saturated carbocycles. The first kappa shape index (κ1) is 10.1. The highest BCUT2D eigenvalue weighted by molar-refractivity contribution is 6.47. The standard InChI is InChI=1S/C7H18NOSi/c1-6-9-10(5)8-7(2,3)4/h8H,6H2,1-5H3. The molecule has 10 heavy (non-hydrogen) atoms. The number of rotatable bonds is 3. The second-order valence-corrected chi connectivity index (χ2v) is 5.02. The van der Waals surface area contributed by atoms with Crippen LogP contribution in [0, 0.1) is 0 Å². The number of hydrogen-bond acceptors (Lipinski definition) is 2. The molecule has 0 unspecified atom stereocenters. The van der Waals surface area contributed by atoms with Crippen molar-refractivity contribution < 1.29 is 4.43 Å². The molecule has 0 aromatic carbocycles. The minimum absolute atomic E-state index is 0.193. The highest BCUT2D eigenvalue weighted by Gasteiger charge is 2.15. The molecule has 0 amide bonds. The van der Waals surface area contributed by atoms with Gasteiger partial charge in [0.2, 0.25) is 0 Å². The van der Waals surface area contributed by atoms with Crippen molar-refractivity contribution in [3.8, 4) is 0 Å². The van der Waals surface area contributed by atoms with Gasteiger partial charge in [0.25, 0.3) is 9.20 Å². The maximum atomic E-state index is 5.41. The molecule has 0 aromatic rings. The molecule has 0 bridgehead atoms. The minimum Gasteiger partial charge on any atom is -0.403 e. The van der Waals surface area contributed by atoms with Gasteiger partial charge >= 0.3 is 0 Å². The zero-order chi connectivity index (χ0) is 8.20. The molecule has 0 spiro atoms. The van der Waals surface area contributed by atoms with Gasteiger partial charge in [0.15, 0.2) is 0 Å². The Hall–Kier alpha value is 0.137. The Bertz CT molecular complexity index is 90.1. The van der Waals surface area contributed by atoms with E-state index in [1.807, 2.05) is 6.92 Å². The average molecular weight is 160 g/mol. The summed E-state index contributed by atoms with van der Waals surface area (Å²) in [5.41, 5.74) is 0.193. The highest BCUT2D eigenvalue weighted by Crippen LogP contribution is 1.99. The largest absolute Gasteiger partial charge is 0.403 e. The summed E-state index contributed by atoms with van der Waals surface area (Å²) < 4.78 is 5.41. The Morgan fingerprint density at radius 2 is 1.90 bits per heavy atom. The van der Waals surface area contributed by atoms with Crippen LogP contribution in [0.5, 0.6) is 0 Å². The molecule has 0 aromatic heterocycles. The van der Waals surface area contributed by atoms with Gasteiger partial charge in [0.1, 0.15) is 0 Å². The van der Waals surface area contributed by atoms with Crippen LogP contribution in [0.25, 0.3) is 0 Å². The maximum absolute atomic E-state index is 5.41. The van der Waals surface area contributed by atoms with Crippen molar-refractivity contribution in [3.05, 3.63) is 0 Å². The predicted octanol–water partition coefficient (Wildman–Crippen LogP) is 1.53. The molecule has 0 heterocycles. The van der Waals surface area contributed by atoms with E-state index in [2.05, 4.69) is 32.3 Å². The average Bonchev–Trinajstić information content (AvgIpc) is 1.59. The van der Waals surface area contributed by atoms with Gasteiger partial charge in [0.05, 0.1) is 0 Å². The van der Waals surface area contributed by atoms with Crippen molar-refractivity contribution in [2.45, 2.75) is 39.8 Å².